The number of anilines is 1. The van der Waals surface area contributed by atoms with Gasteiger partial charge in [-0.15, -0.1) is 0 Å². The van der Waals surface area contributed by atoms with Gasteiger partial charge in [-0.05, 0) is 54.8 Å². The van der Waals surface area contributed by atoms with E-state index in [1.807, 2.05) is 37.3 Å². The van der Waals surface area contributed by atoms with Crippen molar-refractivity contribution in [3.05, 3.63) is 131 Å². The van der Waals surface area contributed by atoms with Gasteiger partial charge in [-0.1, -0.05) is 97.7 Å². The molecule has 45 heavy (non-hydrogen) atoms. The Morgan fingerprint density at radius 2 is 1.53 bits per heavy atom. The molecule has 1 N–H and O–H groups in total. The molecule has 0 aromatic heterocycles. The summed E-state index contributed by atoms with van der Waals surface area (Å²) < 4.78 is 44.3. The number of carbonyl (C=O) groups is 2. The zero-order chi connectivity index (χ0) is 32.4. The van der Waals surface area contributed by atoms with Crippen LogP contribution in [0, 0.1) is 12.7 Å². The van der Waals surface area contributed by atoms with Gasteiger partial charge in [0.05, 0.1) is 10.6 Å². The zero-order valence-corrected chi connectivity index (χ0v) is 26.9. The van der Waals surface area contributed by atoms with Gasteiger partial charge in [0.1, 0.15) is 18.4 Å². The molecule has 0 fully saturated rings. The normalized spacial score (nSPS) is 11.9. The zero-order valence-electron chi connectivity index (χ0n) is 25.3. The molecule has 0 bridgehead atoms. The number of hydrogen-bond acceptors (Lipinski definition) is 4. The summed E-state index contributed by atoms with van der Waals surface area (Å²) in [6.45, 7) is 3.17. The lowest BCUT2D eigenvalue weighted by Gasteiger charge is -2.34. The molecule has 4 rings (SSSR count). The van der Waals surface area contributed by atoms with Crippen molar-refractivity contribution in [2.24, 2.45) is 0 Å². The van der Waals surface area contributed by atoms with Gasteiger partial charge in [-0.25, -0.2) is 12.8 Å². The van der Waals surface area contributed by atoms with E-state index in [2.05, 4.69) is 5.32 Å². The Morgan fingerprint density at radius 1 is 0.889 bits per heavy atom. The average molecular weight is 650 g/mol. The molecule has 10 heteroatoms. The third-order valence-electron chi connectivity index (χ3n) is 7.52. The lowest BCUT2D eigenvalue weighted by molar-refractivity contribution is -0.140. The Hall–Kier alpha value is -4.21. The predicted octanol–water partition coefficient (Wildman–Crippen LogP) is 6.54. The van der Waals surface area contributed by atoms with Crippen molar-refractivity contribution in [2.45, 2.75) is 50.6 Å². The molecule has 4 aromatic rings. The molecular formula is C35H37ClFN3O4S. The molecule has 0 unspecified atom stereocenters. The molecule has 0 aliphatic carbocycles. The number of benzene rings is 4. The van der Waals surface area contributed by atoms with Crippen molar-refractivity contribution >= 4 is 39.1 Å². The van der Waals surface area contributed by atoms with Crippen LogP contribution < -0.4 is 9.62 Å². The monoisotopic (exact) mass is 649 g/mol. The second-order valence-electron chi connectivity index (χ2n) is 10.7. The molecule has 0 aliphatic rings. The van der Waals surface area contributed by atoms with E-state index in [9.17, 15) is 18.0 Å². The standard InChI is InChI=1S/C35H37ClFN3O4S/c1-3-4-22-38-35(42)33(23-27-14-7-5-8-15-27)39(24-28-16-11-12-20-31(28)37)34(41)25-40(32-21-13-19-30(36)26(32)2)45(43,44)29-17-9-6-10-18-29/h5-21,33H,3-4,22-25H2,1-2H3,(H,38,42)/t33-/m1/s1. The predicted molar refractivity (Wildman–Crippen MR) is 176 cm³/mol. The lowest BCUT2D eigenvalue weighted by Crippen LogP contribution is -2.53. The highest BCUT2D eigenvalue weighted by Crippen LogP contribution is 2.31. The van der Waals surface area contributed by atoms with Crippen molar-refractivity contribution in [3.63, 3.8) is 0 Å². The molecule has 1 atom stereocenters. The number of amides is 2. The highest BCUT2D eigenvalue weighted by Gasteiger charge is 2.35. The maximum atomic E-state index is 15.0. The molecule has 4 aromatic carbocycles. The molecule has 0 heterocycles. The van der Waals surface area contributed by atoms with Gasteiger partial charge in [-0.2, -0.15) is 0 Å². The number of rotatable bonds is 14. The van der Waals surface area contributed by atoms with E-state index in [4.69, 9.17) is 11.6 Å². The van der Waals surface area contributed by atoms with E-state index in [0.717, 1.165) is 22.7 Å². The second kappa shape index (κ2) is 15.7. The first kappa shape index (κ1) is 33.7. The van der Waals surface area contributed by atoms with Gasteiger partial charge in [0.2, 0.25) is 11.8 Å². The number of nitrogens with zero attached hydrogens (tertiary/aromatic N) is 2. The summed E-state index contributed by atoms with van der Waals surface area (Å²) >= 11 is 6.41. The third kappa shape index (κ3) is 8.49. The van der Waals surface area contributed by atoms with E-state index < -0.39 is 40.2 Å². The fourth-order valence-electron chi connectivity index (χ4n) is 4.97. The van der Waals surface area contributed by atoms with E-state index in [1.54, 1.807) is 61.5 Å². The van der Waals surface area contributed by atoms with Crippen molar-refractivity contribution in [1.82, 2.24) is 10.2 Å². The summed E-state index contributed by atoms with van der Waals surface area (Å²) in [6, 6.07) is 26.8. The molecule has 0 aliphatic heterocycles. The van der Waals surface area contributed by atoms with Crippen molar-refractivity contribution in [1.29, 1.82) is 0 Å². The first-order valence-corrected chi connectivity index (χ1v) is 16.6. The minimum Gasteiger partial charge on any atom is -0.354 e. The maximum absolute atomic E-state index is 15.0. The van der Waals surface area contributed by atoms with Gasteiger partial charge >= 0.3 is 0 Å². The van der Waals surface area contributed by atoms with Gasteiger partial charge in [0.25, 0.3) is 10.0 Å². The first-order valence-electron chi connectivity index (χ1n) is 14.8. The number of carbonyl (C=O) groups excluding carboxylic acids is 2. The summed E-state index contributed by atoms with van der Waals surface area (Å²) in [5.74, 6) is -1.63. The Kier molecular flexibility index (Phi) is 11.7. The molecule has 0 saturated carbocycles. The summed E-state index contributed by atoms with van der Waals surface area (Å²) in [6.07, 6.45) is 1.73. The van der Waals surface area contributed by atoms with Crippen LogP contribution in [-0.4, -0.2) is 44.3 Å². The minimum atomic E-state index is -4.27. The van der Waals surface area contributed by atoms with Crippen LogP contribution >= 0.6 is 11.6 Å². The third-order valence-corrected chi connectivity index (χ3v) is 9.70. The van der Waals surface area contributed by atoms with Crippen molar-refractivity contribution < 1.29 is 22.4 Å². The quantitative estimate of drug-likeness (QED) is 0.157. The minimum absolute atomic E-state index is 0.0176. The smallest absolute Gasteiger partial charge is 0.264 e. The summed E-state index contributed by atoms with van der Waals surface area (Å²) in [5, 5.41) is 3.25. The van der Waals surface area contributed by atoms with E-state index in [0.29, 0.717) is 17.1 Å². The Balaban J connectivity index is 1.82. The number of unbranched alkanes of at least 4 members (excludes halogenated alkanes) is 1. The maximum Gasteiger partial charge on any atom is 0.264 e. The van der Waals surface area contributed by atoms with Gasteiger partial charge in [0.15, 0.2) is 0 Å². The van der Waals surface area contributed by atoms with Crippen LogP contribution in [0.25, 0.3) is 0 Å². The summed E-state index contributed by atoms with van der Waals surface area (Å²) in [7, 11) is -4.27. The molecule has 0 radical (unpaired) electrons. The van der Waals surface area contributed by atoms with Gasteiger partial charge in [-0.3, -0.25) is 13.9 Å². The summed E-state index contributed by atoms with van der Waals surface area (Å²) in [5.41, 5.74) is 1.67. The molecule has 0 saturated heterocycles. The average Bonchev–Trinajstić information content (AvgIpc) is 3.04. The van der Waals surface area contributed by atoms with E-state index in [-0.39, 0.29) is 29.1 Å². The summed E-state index contributed by atoms with van der Waals surface area (Å²) in [4.78, 5) is 29.5. The number of hydrogen-bond donors (Lipinski definition) is 1. The fraction of sp³-hybridized carbons (Fsp3) is 0.257. The van der Waals surface area contributed by atoms with Crippen molar-refractivity contribution in [3.8, 4) is 0 Å². The lowest BCUT2D eigenvalue weighted by atomic mass is 10.0. The molecule has 0 spiro atoms. The Labute approximate surface area is 269 Å². The molecule has 7 nitrogen and oxygen atoms in total. The molecule has 2 amide bonds. The van der Waals surface area contributed by atoms with Crippen LogP contribution in [0.15, 0.2) is 108 Å². The molecular weight excluding hydrogens is 613 g/mol. The Morgan fingerprint density at radius 3 is 2.20 bits per heavy atom. The van der Waals surface area contributed by atoms with Gasteiger partial charge < -0.3 is 10.2 Å². The van der Waals surface area contributed by atoms with Crippen LogP contribution in [0.3, 0.4) is 0 Å². The highest BCUT2D eigenvalue weighted by atomic mass is 35.5. The Bertz CT molecular complexity index is 1700. The highest BCUT2D eigenvalue weighted by molar-refractivity contribution is 7.92. The SMILES string of the molecule is CCCCNC(=O)[C@@H](Cc1ccccc1)N(Cc1ccccc1F)C(=O)CN(c1cccc(Cl)c1C)S(=O)(=O)c1ccccc1. The number of nitrogens with one attached hydrogen (secondary N) is 1. The van der Waals surface area contributed by atoms with Crippen LogP contribution in [0.1, 0.15) is 36.5 Å². The van der Waals surface area contributed by atoms with Crippen LogP contribution in [0.4, 0.5) is 10.1 Å². The topological polar surface area (TPSA) is 86.8 Å². The van der Waals surface area contributed by atoms with Crippen LogP contribution in [0.2, 0.25) is 5.02 Å². The van der Waals surface area contributed by atoms with Gasteiger partial charge in [0, 0.05) is 30.1 Å². The van der Waals surface area contributed by atoms with Crippen LogP contribution in [-0.2, 0) is 32.6 Å². The van der Waals surface area contributed by atoms with E-state index >= 15 is 4.39 Å². The second-order valence-corrected chi connectivity index (χ2v) is 12.9. The fourth-order valence-corrected chi connectivity index (χ4v) is 6.63. The number of halogens is 2. The van der Waals surface area contributed by atoms with Crippen LogP contribution in [0.5, 0.6) is 0 Å². The largest absolute Gasteiger partial charge is 0.354 e. The van der Waals surface area contributed by atoms with E-state index in [1.165, 1.54) is 23.1 Å². The number of sulfonamides is 1. The molecule has 236 valence electrons. The first-order chi connectivity index (χ1) is 21.6. The van der Waals surface area contributed by atoms with Crippen molar-refractivity contribution in [2.75, 3.05) is 17.4 Å².